The number of nitrogens with two attached hydrogens (primary N) is 1. The molecule has 0 atom stereocenters. The minimum atomic E-state index is -0.826. The first-order chi connectivity index (χ1) is 15.1. The predicted molar refractivity (Wildman–Crippen MR) is 122 cm³/mol. The first-order valence-electron chi connectivity index (χ1n) is 11.4. The summed E-state index contributed by atoms with van der Waals surface area (Å²) in [6.07, 6.45) is 6.29. The van der Waals surface area contributed by atoms with E-state index in [9.17, 15) is 14.7 Å². The molecule has 0 spiro atoms. The zero-order valence-corrected chi connectivity index (χ0v) is 19.0. The number of aromatic nitrogens is 1. The summed E-state index contributed by atoms with van der Waals surface area (Å²) in [5.41, 5.74) is 8.69. The second kappa shape index (κ2) is 8.35. The monoisotopic (exact) mass is 441 g/mol. The minimum absolute atomic E-state index is 0.0245. The molecule has 0 bridgehead atoms. The summed E-state index contributed by atoms with van der Waals surface area (Å²) in [5, 5.41) is 13.1. The lowest BCUT2D eigenvalue weighted by Crippen LogP contribution is -2.30. The van der Waals surface area contributed by atoms with Gasteiger partial charge in [0.25, 0.3) is 5.91 Å². The number of aryl methyl sites for hydroxylation is 1. The molecule has 6 nitrogen and oxygen atoms in total. The number of rotatable bonds is 5. The quantitative estimate of drug-likeness (QED) is 0.649. The molecule has 1 heterocycles. The Morgan fingerprint density at radius 2 is 1.94 bits per heavy atom. The number of carbonyl (C=O) groups excluding carboxylic acids is 2. The second-order valence-corrected chi connectivity index (χ2v) is 10.0. The molecule has 2 aromatic rings. The lowest BCUT2D eigenvalue weighted by atomic mass is 9.75. The van der Waals surface area contributed by atoms with Crippen molar-refractivity contribution < 1.29 is 19.1 Å². The Bertz CT molecular complexity index is 1060. The maximum absolute atomic E-state index is 15.2. The standard InChI is InChI=1S/C25H32FN3O3/c1-4-14-13-29(20-11-25(2,3)12-21(31)22(14)20)16-9-18(26)23(24(27)32)19(10-16)28-15-5-7-17(30)8-6-15/h9-10,13,15,17,28,30H,4-8,11-12H2,1-3H3,(H2,27,32). The summed E-state index contributed by atoms with van der Waals surface area (Å²) in [5.74, 6) is -1.39. The summed E-state index contributed by atoms with van der Waals surface area (Å²) in [6.45, 7) is 6.14. The number of aliphatic hydroxyl groups excluding tert-OH is 1. The molecule has 4 N–H and O–H groups in total. The van der Waals surface area contributed by atoms with Gasteiger partial charge in [-0.2, -0.15) is 0 Å². The second-order valence-electron chi connectivity index (χ2n) is 10.0. The van der Waals surface area contributed by atoms with Gasteiger partial charge in [-0.15, -0.1) is 0 Å². The van der Waals surface area contributed by atoms with Crippen LogP contribution in [0, 0.1) is 11.2 Å². The van der Waals surface area contributed by atoms with Gasteiger partial charge in [0.2, 0.25) is 0 Å². The maximum Gasteiger partial charge on any atom is 0.253 e. The number of hydrogen-bond donors (Lipinski definition) is 3. The van der Waals surface area contributed by atoms with E-state index < -0.39 is 11.7 Å². The highest BCUT2D eigenvalue weighted by atomic mass is 19.1. The molecule has 32 heavy (non-hydrogen) atoms. The number of primary amides is 1. The van der Waals surface area contributed by atoms with E-state index in [1.54, 1.807) is 6.07 Å². The van der Waals surface area contributed by atoms with Crippen molar-refractivity contribution in [3.63, 3.8) is 0 Å². The van der Waals surface area contributed by atoms with Gasteiger partial charge in [0, 0.05) is 29.9 Å². The number of nitrogens with one attached hydrogen (secondary N) is 1. The van der Waals surface area contributed by atoms with Gasteiger partial charge >= 0.3 is 0 Å². The number of benzene rings is 1. The van der Waals surface area contributed by atoms with Crippen molar-refractivity contribution in [3.8, 4) is 5.69 Å². The van der Waals surface area contributed by atoms with Crippen LogP contribution in [0.4, 0.5) is 10.1 Å². The third-order valence-electron chi connectivity index (χ3n) is 6.79. The predicted octanol–water partition coefficient (Wildman–Crippen LogP) is 4.15. The molecule has 1 fully saturated rings. The van der Waals surface area contributed by atoms with Gasteiger partial charge in [0.05, 0.1) is 23.0 Å². The molecule has 1 aromatic heterocycles. The molecule has 0 unspecified atom stereocenters. The molecule has 0 saturated heterocycles. The number of carbonyl (C=O) groups is 2. The summed E-state index contributed by atoms with van der Waals surface area (Å²) in [4.78, 5) is 25.0. The normalized spacial score (nSPS) is 22.5. The van der Waals surface area contributed by atoms with Crippen LogP contribution >= 0.6 is 0 Å². The van der Waals surface area contributed by atoms with Crippen molar-refractivity contribution in [1.29, 1.82) is 0 Å². The van der Waals surface area contributed by atoms with Gasteiger partial charge in [-0.3, -0.25) is 9.59 Å². The summed E-state index contributed by atoms with van der Waals surface area (Å²) in [6, 6.07) is 3.10. The summed E-state index contributed by atoms with van der Waals surface area (Å²) in [7, 11) is 0. The first kappa shape index (κ1) is 22.5. The largest absolute Gasteiger partial charge is 0.393 e. The molecule has 1 amide bonds. The molecule has 2 aliphatic carbocycles. The lowest BCUT2D eigenvalue weighted by Gasteiger charge is -2.30. The highest BCUT2D eigenvalue weighted by Crippen LogP contribution is 2.39. The van der Waals surface area contributed by atoms with E-state index in [0.717, 1.165) is 29.7 Å². The van der Waals surface area contributed by atoms with Gasteiger partial charge in [-0.1, -0.05) is 20.8 Å². The molecule has 7 heteroatoms. The SMILES string of the molecule is CCc1cn(-c2cc(F)c(C(N)=O)c(NC3CCC(O)CC3)c2)c2c1C(=O)CC(C)(C)C2. The third kappa shape index (κ3) is 4.18. The Morgan fingerprint density at radius 3 is 2.56 bits per heavy atom. The number of anilines is 1. The van der Waals surface area contributed by atoms with E-state index in [-0.39, 0.29) is 28.9 Å². The van der Waals surface area contributed by atoms with E-state index in [0.29, 0.717) is 43.5 Å². The molecule has 4 rings (SSSR count). The van der Waals surface area contributed by atoms with E-state index >= 15 is 4.39 Å². The van der Waals surface area contributed by atoms with Crippen molar-refractivity contribution >= 4 is 17.4 Å². The minimum Gasteiger partial charge on any atom is -0.393 e. The zero-order chi connectivity index (χ0) is 23.2. The van der Waals surface area contributed by atoms with Crippen molar-refractivity contribution in [3.05, 3.63) is 46.5 Å². The van der Waals surface area contributed by atoms with E-state index in [1.165, 1.54) is 6.07 Å². The Kier molecular flexibility index (Phi) is 5.88. The van der Waals surface area contributed by atoms with Crippen LogP contribution < -0.4 is 11.1 Å². The van der Waals surface area contributed by atoms with Gasteiger partial charge < -0.3 is 20.7 Å². The molecule has 1 saturated carbocycles. The fraction of sp³-hybridized carbons (Fsp3) is 0.520. The number of Topliss-reactive ketones (excluding diaryl/α,β-unsaturated/α-hetero) is 1. The van der Waals surface area contributed by atoms with Crippen molar-refractivity contribution in [2.45, 2.75) is 77.9 Å². The Balaban J connectivity index is 1.81. The lowest BCUT2D eigenvalue weighted by molar-refractivity contribution is 0.0909. The van der Waals surface area contributed by atoms with Gasteiger partial charge in [-0.25, -0.2) is 4.39 Å². The molecule has 1 aromatic carbocycles. The number of hydrogen-bond acceptors (Lipinski definition) is 4. The fourth-order valence-electron chi connectivity index (χ4n) is 5.19. The topological polar surface area (TPSA) is 97.3 Å². The first-order valence-corrected chi connectivity index (χ1v) is 11.4. The van der Waals surface area contributed by atoms with Gasteiger partial charge in [0.1, 0.15) is 5.82 Å². The average Bonchev–Trinajstić information content (AvgIpc) is 3.06. The number of amides is 1. The zero-order valence-electron chi connectivity index (χ0n) is 19.0. The van der Waals surface area contributed by atoms with Crippen LogP contribution in [-0.4, -0.2) is 33.5 Å². The highest BCUT2D eigenvalue weighted by molar-refractivity contribution is 6.01. The van der Waals surface area contributed by atoms with Crippen LogP contribution in [0.5, 0.6) is 0 Å². The van der Waals surface area contributed by atoms with E-state index in [2.05, 4.69) is 19.2 Å². The van der Waals surface area contributed by atoms with E-state index in [4.69, 9.17) is 5.73 Å². The van der Waals surface area contributed by atoms with Crippen LogP contribution in [-0.2, 0) is 12.8 Å². The molecular weight excluding hydrogens is 409 g/mol. The summed E-state index contributed by atoms with van der Waals surface area (Å²) < 4.78 is 17.1. The number of aliphatic hydroxyl groups is 1. The van der Waals surface area contributed by atoms with Crippen LogP contribution in [0.25, 0.3) is 5.69 Å². The fourth-order valence-corrected chi connectivity index (χ4v) is 5.19. The molecule has 172 valence electrons. The van der Waals surface area contributed by atoms with Crippen molar-refractivity contribution in [1.82, 2.24) is 4.57 Å². The average molecular weight is 442 g/mol. The number of halogens is 1. The smallest absolute Gasteiger partial charge is 0.253 e. The van der Waals surface area contributed by atoms with Crippen molar-refractivity contribution in [2.24, 2.45) is 11.1 Å². The van der Waals surface area contributed by atoms with Crippen LogP contribution in [0.15, 0.2) is 18.3 Å². The number of fused-ring (bicyclic) bond motifs is 1. The Labute approximate surface area is 188 Å². The number of ketones is 1. The molecule has 0 radical (unpaired) electrons. The van der Waals surface area contributed by atoms with E-state index in [1.807, 2.05) is 17.7 Å². The van der Waals surface area contributed by atoms with Gasteiger partial charge in [0.15, 0.2) is 5.78 Å². The third-order valence-corrected chi connectivity index (χ3v) is 6.79. The Morgan fingerprint density at radius 1 is 1.25 bits per heavy atom. The molecule has 0 aliphatic heterocycles. The number of nitrogens with zero attached hydrogens (tertiary/aromatic N) is 1. The van der Waals surface area contributed by atoms with Crippen LogP contribution in [0.1, 0.15) is 84.8 Å². The van der Waals surface area contributed by atoms with Crippen LogP contribution in [0.3, 0.4) is 0 Å². The van der Waals surface area contributed by atoms with Crippen LogP contribution in [0.2, 0.25) is 0 Å². The Hall–Kier alpha value is -2.67. The highest BCUT2D eigenvalue weighted by Gasteiger charge is 2.35. The summed E-state index contributed by atoms with van der Waals surface area (Å²) >= 11 is 0. The molecular formula is C25H32FN3O3. The maximum atomic E-state index is 15.2. The molecule has 2 aliphatic rings. The van der Waals surface area contributed by atoms with Gasteiger partial charge in [-0.05, 0) is 61.6 Å². The van der Waals surface area contributed by atoms with Crippen molar-refractivity contribution in [2.75, 3.05) is 5.32 Å².